The number of hydrogen-bond donors (Lipinski definition) is 5. The van der Waals surface area contributed by atoms with Gasteiger partial charge in [0, 0.05) is 18.8 Å². The van der Waals surface area contributed by atoms with Gasteiger partial charge in [-0.2, -0.15) is 0 Å². The first kappa shape index (κ1) is 21.7. The first-order valence-electron chi connectivity index (χ1n) is 9.55. The van der Waals surface area contributed by atoms with Gasteiger partial charge in [-0.1, -0.05) is 30.3 Å². The van der Waals surface area contributed by atoms with E-state index in [1.807, 2.05) is 6.07 Å². The molecular formula is C21H24FN3O5. The summed E-state index contributed by atoms with van der Waals surface area (Å²) in [4.78, 5) is 24.1. The minimum absolute atomic E-state index is 0.0371. The number of aliphatic hydroxyl groups is 2. The van der Waals surface area contributed by atoms with Crippen LogP contribution in [0, 0.1) is 5.82 Å². The number of nitrogens with one attached hydrogen (secondary N) is 3. The van der Waals surface area contributed by atoms with Crippen LogP contribution >= 0.6 is 0 Å². The van der Waals surface area contributed by atoms with Gasteiger partial charge in [-0.05, 0) is 29.8 Å². The lowest BCUT2D eigenvalue weighted by Crippen LogP contribution is -2.41. The highest BCUT2D eigenvalue weighted by Crippen LogP contribution is 2.23. The molecule has 0 bridgehead atoms. The molecule has 2 aromatic rings. The number of carbonyl (C=O) groups excluding carboxylic acids is 2. The zero-order valence-corrected chi connectivity index (χ0v) is 16.1. The smallest absolute Gasteiger partial charge is 0.319 e. The monoisotopic (exact) mass is 417 g/mol. The number of para-hydroxylation sites is 1. The second kappa shape index (κ2) is 10.1. The minimum Gasteiger partial charge on any atom is -0.388 e. The molecule has 1 aliphatic rings. The molecule has 1 heterocycles. The quantitative estimate of drug-likeness (QED) is 0.463. The van der Waals surface area contributed by atoms with Crippen molar-refractivity contribution in [2.75, 3.05) is 11.9 Å². The zero-order chi connectivity index (χ0) is 21.5. The number of rotatable bonds is 7. The van der Waals surface area contributed by atoms with Gasteiger partial charge in [-0.3, -0.25) is 4.79 Å². The fourth-order valence-electron chi connectivity index (χ4n) is 3.11. The van der Waals surface area contributed by atoms with Crippen LogP contribution < -0.4 is 16.0 Å². The molecule has 30 heavy (non-hydrogen) atoms. The molecule has 0 spiro atoms. The maximum absolute atomic E-state index is 12.9. The van der Waals surface area contributed by atoms with E-state index in [0.717, 1.165) is 5.56 Å². The Labute approximate surface area is 173 Å². The summed E-state index contributed by atoms with van der Waals surface area (Å²) in [5.41, 5.74) is 1.34. The average molecular weight is 417 g/mol. The van der Waals surface area contributed by atoms with Gasteiger partial charge in [-0.15, -0.1) is 0 Å². The molecule has 0 saturated carbocycles. The van der Waals surface area contributed by atoms with Crippen LogP contribution in [0.3, 0.4) is 0 Å². The van der Waals surface area contributed by atoms with Crippen LogP contribution in [0.25, 0.3) is 0 Å². The SMILES string of the molecule is O=C(C[C@@H]1O[C@H](CNC(=O)Nc2ccccc2)[C@@H](O)[C@H]1O)NCc1ccc(F)cc1. The molecule has 0 aromatic heterocycles. The third-order valence-electron chi connectivity index (χ3n) is 4.75. The summed E-state index contributed by atoms with van der Waals surface area (Å²) in [5, 5.41) is 28.2. The molecule has 1 saturated heterocycles. The van der Waals surface area contributed by atoms with Gasteiger partial charge in [-0.25, -0.2) is 9.18 Å². The number of benzene rings is 2. The predicted molar refractivity (Wildman–Crippen MR) is 107 cm³/mol. The summed E-state index contributed by atoms with van der Waals surface area (Å²) in [6.07, 6.45) is -4.41. The van der Waals surface area contributed by atoms with E-state index in [1.54, 1.807) is 36.4 Å². The summed E-state index contributed by atoms with van der Waals surface area (Å²) in [5.74, 6) is -0.746. The summed E-state index contributed by atoms with van der Waals surface area (Å²) in [6.45, 7) is 0.166. The van der Waals surface area contributed by atoms with E-state index in [4.69, 9.17) is 4.74 Å². The number of carbonyl (C=O) groups is 2. The molecular weight excluding hydrogens is 393 g/mol. The number of urea groups is 1. The Hall–Kier alpha value is -3.01. The lowest BCUT2D eigenvalue weighted by molar-refractivity contribution is -0.125. The molecule has 8 nitrogen and oxygen atoms in total. The van der Waals surface area contributed by atoms with Gasteiger partial charge in [0.25, 0.3) is 0 Å². The first-order chi connectivity index (χ1) is 14.4. The first-order valence-corrected chi connectivity index (χ1v) is 9.55. The summed E-state index contributed by atoms with van der Waals surface area (Å²) < 4.78 is 18.5. The summed E-state index contributed by atoms with van der Waals surface area (Å²) >= 11 is 0. The normalized spacial score (nSPS) is 23.0. The predicted octanol–water partition coefficient (Wildman–Crippen LogP) is 1.14. The van der Waals surface area contributed by atoms with Crippen molar-refractivity contribution < 1.29 is 28.9 Å². The molecule has 2 aromatic carbocycles. The van der Waals surface area contributed by atoms with Crippen molar-refractivity contribution in [2.45, 2.75) is 37.4 Å². The van der Waals surface area contributed by atoms with Crippen molar-refractivity contribution in [1.29, 1.82) is 0 Å². The molecule has 3 amide bonds. The van der Waals surface area contributed by atoms with Crippen molar-refractivity contribution >= 4 is 17.6 Å². The van der Waals surface area contributed by atoms with Crippen molar-refractivity contribution in [1.82, 2.24) is 10.6 Å². The average Bonchev–Trinajstić information content (AvgIpc) is 3.00. The topological polar surface area (TPSA) is 120 Å². The highest BCUT2D eigenvalue weighted by Gasteiger charge is 2.43. The van der Waals surface area contributed by atoms with Gasteiger partial charge < -0.3 is 30.9 Å². The Balaban J connectivity index is 1.43. The van der Waals surface area contributed by atoms with Crippen molar-refractivity contribution in [3.05, 3.63) is 66.0 Å². The third kappa shape index (κ3) is 5.99. The van der Waals surface area contributed by atoms with E-state index in [1.165, 1.54) is 12.1 Å². The molecule has 3 rings (SSSR count). The van der Waals surface area contributed by atoms with Gasteiger partial charge >= 0.3 is 6.03 Å². The number of halogens is 1. The Bertz CT molecular complexity index is 849. The largest absolute Gasteiger partial charge is 0.388 e. The highest BCUT2D eigenvalue weighted by molar-refractivity contribution is 5.89. The Kier molecular flexibility index (Phi) is 7.34. The lowest BCUT2D eigenvalue weighted by atomic mass is 10.1. The van der Waals surface area contributed by atoms with Crippen LogP contribution in [0.2, 0.25) is 0 Å². The molecule has 1 aliphatic heterocycles. The molecule has 0 unspecified atom stereocenters. The summed E-state index contributed by atoms with van der Waals surface area (Å²) in [6, 6.07) is 14.1. The molecule has 160 valence electrons. The van der Waals surface area contributed by atoms with Crippen LogP contribution in [0.15, 0.2) is 54.6 Å². The van der Waals surface area contributed by atoms with Gasteiger partial charge in [0.05, 0.1) is 12.5 Å². The second-order valence-electron chi connectivity index (χ2n) is 7.00. The number of ether oxygens (including phenoxy) is 1. The zero-order valence-electron chi connectivity index (χ0n) is 16.1. The molecule has 5 N–H and O–H groups in total. The van der Waals surface area contributed by atoms with E-state index in [2.05, 4.69) is 16.0 Å². The number of aliphatic hydroxyl groups excluding tert-OH is 2. The van der Waals surface area contributed by atoms with Gasteiger partial charge in [0.15, 0.2) is 0 Å². The molecule has 0 radical (unpaired) electrons. The van der Waals surface area contributed by atoms with Crippen molar-refractivity contribution in [3.63, 3.8) is 0 Å². The Morgan fingerprint density at radius 2 is 1.60 bits per heavy atom. The fraction of sp³-hybridized carbons (Fsp3) is 0.333. The maximum Gasteiger partial charge on any atom is 0.319 e. The third-order valence-corrected chi connectivity index (χ3v) is 4.75. The molecule has 9 heteroatoms. The van der Waals surface area contributed by atoms with E-state index < -0.39 is 30.4 Å². The van der Waals surface area contributed by atoms with Gasteiger partial charge in [0.2, 0.25) is 5.91 Å². The molecule has 0 aliphatic carbocycles. The van der Waals surface area contributed by atoms with Gasteiger partial charge in [0.1, 0.15) is 24.1 Å². The highest BCUT2D eigenvalue weighted by atomic mass is 19.1. The second-order valence-corrected chi connectivity index (χ2v) is 7.00. The Morgan fingerprint density at radius 1 is 0.933 bits per heavy atom. The van der Waals surface area contributed by atoms with Crippen LogP contribution in [-0.2, 0) is 16.1 Å². The number of hydrogen-bond acceptors (Lipinski definition) is 5. The maximum atomic E-state index is 12.9. The van der Waals surface area contributed by atoms with E-state index in [0.29, 0.717) is 5.69 Å². The van der Waals surface area contributed by atoms with E-state index >= 15 is 0 Å². The van der Waals surface area contributed by atoms with E-state index in [9.17, 15) is 24.2 Å². The van der Waals surface area contributed by atoms with Crippen LogP contribution in [0.1, 0.15) is 12.0 Å². The van der Waals surface area contributed by atoms with Crippen molar-refractivity contribution in [3.8, 4) is 0 Å². The number of anilines is 1. The Morgan fingerprint density at radius 3 is 2.30 bits per heavy atom. The summed E-state index contributed by atoms with van der Waals surface area (Å²) in [7, 11) is 0. The standard InChI is InChI=1S/C21H24FN3O5/c22-14-8-6-13(7-9-14)11-23-18(26)10-16-19(27)20(28)17(30-16)12-24-21(29)25-15-4-2-1-3-5-15/h1-9,16-17,19-20,27-28H,10-12H2,(H,23,26)(H2,24,25,29)/t16-,17+,19-,20+/m0/s1. The molecule has 1 fully saturated rings. The van der Waals surface area contributed by atoms with Crippen LogP contribution in [0.5, 0.6) is 0 Å². The lowest BCUT2D eigenvalue weighted by Gasteiger charge is -2.15. The number of amides is 3. The fourth-order valence-corrected chi connectivity index (χ4v) is 3.11. The minimum atomic E-state index is -1.26. The van der Waals surface area contributed by atoms with E-state index in [-0.39, 0.29) is 31.2 Å². The van der Waals surface area contributed by atoms with Crippen LogP contribution in [0.4, 0.5) is 14.9 Å². The molecule has 4 atom stereocenters. The van der Waals surface area contributed by atoms with Crippen LogP contribution in [-0.4, -0.2) is 53.1 Å². The van der Waals surface area contributed by atoms with Crippen molar-refractivity contribution in [2.24, 2.45) is 0 Å².